The van der Waals surface area contributed by atoms with E-state index in [2.05, 4.69) is 36.5 Å². The maximum absolute atomic E-state index is 6.23. The van der Waals surface area contributed by atoms with Crippen molar-refractivity contribution in [2.45, 2.75) is 44.7 Å². The fourth-order valence-corrected chi connectivity index (χ4v) is 4.40. The lowest BCUT2D eigenvalue weighted by molar-refractivity contribution is 0.572. The van der Waals surface area contributed by atoms with Gasteiger partial charge in [-0.15, -0.1) is 24.8 Å². The van der Waals surface area contributed by atoms with Crippen LogP contribution in [-0.2, 0) is 6.54 Å². The Morgan fingerprint density at radius 1 is 1.15 bits per heavy atom. The Labute approximate surface area is 178 Å². The third kappa shape index (κ3) is 4.60. The van der Waals surface area contributed by atoms with Crippen LogP contribution in [0.2, 0.25) is 5.02 Å². The second kappa shape index (κ2) is 9.29. The number of nitrogens with one attached hydrogen (secondary N) is 1. The van der Waals surface area contributed by atoms with Crippen LogP contribution in [0.4, 0.5) is 5.69 Å². The van der Waals surface area contributed by atoms with Crippen molar-refractivity contribution in [3.05, 3.63) is 64.2 Å². The minimum Gasteiger partial charge on any atom is -0.387 e. The summed E-state index contributed by atoms with van der Waals surface area (Å²) in [5.41, 5.74) is 11.1. The largest absolute Gasteiger partial charge is 0.387 e. The topological polar surface area (TPSA) is 50.4 Å². The molecule has 0 bridgehead atoms. The van der Waals surface area contributed by atoms with Crippen LogP contribution in [0, 0.1) is 5.92 Å². The van der Waals surface area contributed by atoms with Crippen molar-refractivity contribution in [1.29, 1.82) is 0 Å². The minimum absolute atomic E-state index is 0. The van der Waals surface area contributed by atoms with Gasteiger partial charge in [0.05, 0.1) is 5.69 Å². The Morgan fingerprint density at radius 3 is 2.70 bits per heavy atom. The van der Waals surface area contributed by atoms with Crippen LogP contribution in [-0.4, -0.2) is 5.84 Å². The smallest absolute Gasteiger partial charge is 0.103 e. The summed E-state index contributed by atoms with van der Waals surface area (Å²) in [6, 6.07) is 14.9. The molecule has 3 unspecified atom stereocenters. The Morgan fingerprint density at radius 2 is 1.93 bits per heavy atom. The van der Waals surface area contributed by atoms with Crippen molar-refractivity contribution < 1.29 is 0 Å². The van der Waals surface area contributed by atoms with Crippen LogP contribution in [0.15, 0.2) is 47.5 Å². The molecule has 0 saturated heterocycles. The second-order valence-corrected chi connectivity index (χ2v) is 7.67. The SMILES string of the molecule is CC(NCc1cccc(Cl)c1)c1ccc2c(c1)N=C(N)C1CCCC21.Cl.Cl. The van der Waals surface area contributed by atoms with E-state index in [4.69, 9.17) is 22.3 Å². The number of benzene rings is 2. The molecule has 6 heteroatoms. The number of nitrogens with two attached hydrogens (primary N) is 1. The van der Waals surface area contributed by atoms with Gasteiger partial charge in [-0.1, -0.05) is 42.3 Å². The maximum atomic E-state index is 6.23. The average molecular weight is 427 g/mol. The highest BCUT2D eigenvalue weighted by molar-refractivity contribution is 6.30. The van der Waals surface area contributed by atoms with E-state index in [1.165, 1.54) is 36.0 Å². The van der Waals surface area contributed by atoms with Crippen molar-refractivity contribution in [2.24, 2.45) is 16.6 Å². The highest BCUT2D eigenvalue weighted by Gasteiger charge is 2.35. The lowest BCUT2D eigenvalue weighted by Crippen LogP contribution is -2.28. The normalized spacial score (nSPS) is 21.2. The van der Waals surface area contributed by atoms with E-state index in [9.17, 15) is 0 Å². The lowest BCUT2D eigenvalue weighted by Gasteiger charge is -2.27. The van der Waals surface area contributed by atoms with Gasteiger partial charge >= 0.3 is 0 Å². The van der Waals surface area contributed by atoms with Gasteiger partial charge in [0.2, 0.25) is 0 Å². The Balaban J connectivity index is 0.00000131. The molecule has 1 heterocycles. The van der Waals surface area contributed by atoms with Crippen LogP contribution < -0.4 is 11.1 Å². The van der Waals surface area contributed by atoms with E-state index in [1.807, 2.05) is 18.2 Å². The van der Waals surface area contributed by atoms with Crippen molar-refractivity contribution in [1.82, 2.24) is 5.32 Å². The molecule has 2 aromatic rings. The molecular weight excluding hydrogens is 401 g/mol. The van der Waals surface area contributed by atoms with Crippen molar-refractivity contribution in [3.63, 3.8) is 0 Å². The summed E-state index contributed by atoms with van der Waals surface area (Å²) < 4.78 is 0. The molecule has 1 aliphatic carbocycles. The maximum Gasteiger partial charge on any atom is 0.103 e. The molecule has 0 aromatic heterocycles. The van der Waals surface area contributed by atoms with E-state index >= 15 is 0 Å². The summed E-state index contributed by atoms with van der Waals surface area (Å²) in [7, 11) is 0. The summed E-state index contributed by atoms with van der Waals surface area (Å²) in [5.74, 6) is 1.85. The van der Waals surface area contributed by atoms with Gasteiger partial charge in [0.1, 0.15) is 5.84 Å². The van der Waals surface area contributed by atoms with E-state index in [1.54, 1.807) is 0 Å². The van der Waals surface area contributed by atoms with E-state index < -0.39 is 0 Å². The van der Waals surface area contributed by atoms with E-state index in [0.29, 0.717) is 11.8 Å². The summed E-state index contributed by atoms with van der Waals surface area (Å²) in [4.78, 5) is 4.71. The second-order valence-electron chi connectivity index (χ2n) is 7.23. The monoisotopic (exact) mass is 425 g/mol. The molecule has 0 amide bonds. The molecule has 146 valence electrons. The third-order valence-corrected chi connectivity index (χ3v) is 5.84. The number of fused-ring (bicyclic) bond motifs is 3. The fourth-order valence-electron chi connectivity index (χ4n) is 4.18. The first-order chi connectivity index (χ1) is 12.1. The van der Waals surface area contributed by atoms with E-state index in [0.717, 1.165) is 23.1 Å². The summed E-state index contributed by atoms with van der Waals surface area (Å²) in [6.45, 7) is 2.97. The van der Waals surface area contributed by atoms with Gasteiger partial charge in [-0.3, -0.25) is 0 Å². The molecule has 3 atom stereocenters. The molecule has 1 aliphatic heterocycles. The Hall–Kier alpha value is -1.26. The fraction of sp³-hybridized carbons (Fsp3) is 0.381. The Bertz CT molecular complexity index is 822. The van der Waals surface area contributed by atoms with Crippen LogP contribution in [0.25, 0.3) is 0 Å². The zero-order chi connectivity index (χ0) is 17.4. The molecule has 1 saturated carbocycles. The van der Waals surface area contributed by atoms with Gasteiger partial charge in [-0.05, 0) is 60.6 Å². The molecule has 1 fully saturated rings. The number of aliphatic imine (C=N–C) groups is 1. The molecule has 2 aromatic carbocycles. The van der Waals surface area contributed by atoms with Crippen molar-refractivity contribution >= 4 is 47.9 Å². The lowest BCUT2D eigenvalue weighted by atomic mass is 9.84. The first kappa shape index (κ1) is 22.0. The highest BCUT2D eigenvalue weighted by atomic mass is 35.5. The number of hydrogen-bond donors (Lipinski definition) is 2. The van der Waals surface area contributed by atoms with Gasteiger partial charge < -0.3 is 11.1 Å². The summed E-state index contributed by atoms with van der Waals surface area (Å²) in [6.07, 6.45) is 3.67. The van der Waals surface area contributed by atoms with Gasteiger partial charge in [0.15, 0.2) is 0 Å². The number of halogens is 3. The molecule has 4 rings (SSSR count). The zero-order valence-electron chi connectivity index (χ0n) is 15.3. The molecule has 2 aliphatic rings. The summed E-state index contributed by atoms with van der Waals surface area (Å²) >= 11 is 6.06. The Kier molecular flexibility index (Phi) is 7.58. The summed E-state index contributed by atoms with van der Waals surface area (Å²) in [5, 5.41) is 4.34. The van der Waals surface area contributed by atoms with Crippen molar-refractivity contribution in [3.8, 4) is 0 Å². The predicted molar refractivity (Wildman–Crippen MR) is 119 cm³/mol. The van der Waals surface area contributed by atoms with E-state index in [-0.39, 0.29) is 30.9 Å². The molecule has 3 nitrogen and oxygen atoms in total. The molecule has 3 N–H and O–H groups in total. The number of nitrogens with zero attached hydrogens (tertiary/aromatic N) is 1. The third-order valence-electron chi connectivity index (χ3n) is 5.60. The van der Waals surface area contributed by atoms with Gasteiger partial charge in [-0.2, -0.15) is 0 Å². The molecule has 27 heavy (non-hydrogen) atoms. The van der Waals surface area contributed by atoms with Gasteiger partial charge in [0.25, 0.3) is 0 Å². The highest BCUT2D eigenvalue weighted by Crippen LogP contribution is 2.47. The van der Waals surface area contributed by atoms with Gasteiger partial charge in [-0.25, -0.2) is 4.99 Å². The first-order valence-electron chi connectivity index (χ1n) is 9.07. The minimum atomic E-state index is 0. The standard InChI is InChI=1S/C21H24ClN3.2ClH/c1-13(24-12-14-4-2-5-16(22)10-14)15-8-9-18-17-6-3-7-19(17)21(23)25-20(18)11-15;;/h2,4-5,8-11,13,17,19,24H,3,6-7,12H2,1H3,(H2,23,25);2*1H. The van der Waals surface area contributed by atoms with Crippen LogP contribution in [0.5, 0.6) is 0 Å². The quantitative estimate of drug-likeness (QED) is 0.637. The molecule has 0 radical (unpaired) electrons. The first-order valence-corrected chi connectivity index (χ1v) is 9.45. The average Bonchev–Trinajstić information content (AvgIpc) is 3.10. The van der Waals surface area contributed by atoms with Crippen LogP contribution in [0.1, 0.15) is 54.8 Å². The van der Waals surface area contributed by atoms with Gasteiger partial charge in [0, 0.05) is 23.5 Å². The molecular formula is C21H26Cl3N3. The number of rotatable bonds is 4. The zero-order valence-corrected chi connectivity index (χ0v) is 17.7. The number of amidine groups is 1. The number of hydrogen-bond acceptors (Lipinski definition) is 3. The van der Waals surface area contributed by atoms with Crippen LogP contribution in [0.3, 0.4) is 0 Å². The molecule has 0 spiro atoms. The van der Waals surface area contributed by atoms with Crippen molar-refractivity contribution in [2.75, 3.05) is 0 Å². The predicted octanol–water partition coefficient (Wildman–Crippen LogP) is 5.92. The van der Waals surface area contributed by atoms with Crippen LogP contribution >= 0.6 is 36.4 Å².